The number of fused-ring (bicyclic) bond motifs is 1. The van der Waals surface area contributed by atoms with Crippen molar-refractivity contribution in [1.82, 2.24) is 9.97 Å². The average Bonchev–Trinajstić information content (AvgIpc) is 2.75. The molecule has 3 N–H and O–H groups in total. The molecule has 0 fully saturated rings. The maximum atomic E-state index is 5.03. The Labute approximate surface area is 105 Å². The van der Waals surface area contributed by atoms with Crippen LogP contribution < -0.4 is 5.32 Å². The van der Waals surface area contributed by atoms with Crippen molar-refractivity contribution in [2.24, 2.45) is 0 Å². The summed E-state index contributed by atoms with van der Waals surface area (Å²) in [5.41, 5.74) is 5.20. The lowest BCUT2D eigenvalue weighted by Gasteiger charge is -2.18. The Morgan fingerprint density at radius 2 is 2.24 bits per heavy atom. The van der Waals surface area contributed by atoms with Crippen LogP contribution in [0.4, 0.5) is 5.69 Å². The van der Waals surface area contributed by atoms with Crippen LogP contribution >= 0.6 is 12.2 Å². The Bertz CT molecular complexity index is 582. The first-order valence-electron chi connectivity index (χ1n) is 5.93. The number of H-pyrrole nitrogens is 2. The highest BCUT2D eigenvalue weighted by molar-refractivity contribution is 7.71. The van der Waals surface area contributed by atoms with Gasteiger partial charge in [-0.15, -0.1) is 0 Å². The summed E-state index contributed by atoms with van der Waals surface area (Å²) in [4.78, 5) is 6.15. The van der Waals surface area contributed by atoms with Crippen LogP contribution in [0, 0.1) is 4.77 Å². The molecular weight excluding hydrogens is 230 g/mol. The zero-order valence-corrected chi connectivity index (χ0v) is 10.4. The van der Waals surface area contributed by atoms with Gasteiger partial charge in [0.15, 0.2) is 4.77 Å². The lowest BCUT2D eigenvalue weighted by atomic mass is 9.99. The summed E-state index contributed by atoms with van der Waals surface area (Å²) < 4.78 is 0.694. The molecule has 0 spiro atoms. The number of rotatable bonds is 2. The van der Waals surface area contributed by atoms with Crippen LogP contribution in [0.2, 0.25) is 0 Å². The second kappa shape index (κ2) is 4.37. The fourth-order valence-electron chi connectivity index (χ4n) is 2.32. The SMILES string of the molecule is S=c1[nH]cc(Cc2ccc3c(c2)CCCN3)[nH]1. The minimum Gasteiger partial charge on any atom is -0.385 e. The summed E-state index contributed by atoms with van der Waals surface area (Å²) in [6.45, 7) is 1.09. The zero-order chi connectivity index (χ0) is 11.7. The average molecular weight is 245 g/mol. The van der Waals surface area contributed by atoms with Gasteiger partial charge in [-0.1, -0.05) is 12.1 Å². The third-order valence-electron chi connectivity index (χ3n) is 3.15. The predicted molar refractivity (Wildman–Crippen MR) is 72.0 cm³/mol. The van der Waals surface area contributed by atoms with Gasteiger partial charge in [-0.2, -0.15) is 0 Å². The molecule has 0 unspecified atom stereocenters. The molecule has 3 nitrogen and oxygen atoms in total. The van der Waals surface area contributed by atoms with Gasteiger partial charge in [-0.05, 0) is 42.3 Å². The molecule has 0 atom stereocenters. The van der Waals surface area contributed by atoms with E-state index in [1.165, 1.54) is 29.7 Å². The van der Waals surface area contributed by atoms with E-state index in [4.69, 9.17) is 12.2 Å². The molecule has 17 heavy (non-hydrogen) atoms. The topological polar surface area (TPSA) is 43.6 Å². The second-order valence-electron chi connectivity index (χ2n) is 4.47. The van der Waals surface area contributed by atoms with Gasteiger partial charge in [0.2, 0.25) is 0 Å². The first-order chi connectivity index (χ1) is 8.31. The van der Waals surface area contributed by atoms with E-state index in [0.29, 0.717) is 4.77 Å². The van der Waals surface area contributed by atoms with Crippen LogP contribution in [-0.2, 0) is 12.8 Å². The van der Waals surface area contributed by atoms with Gasteiger partial charge in [0, 0.05) is 30.5 Å². The van der Waals surface area contributed by atoms with E-state index in [0.717, 1.165) is 18.7 Å². The molecule has 0 amide bonds. The third kappa shape index (κ3) is 2.26. The van der Waals surface area contributed by atoms with Gasteiger partial charge in [0.1, 0.15) is 0 Å². The standard InChI is InChI=1S/C13H15N3S/c17-13-15-8-11(16-13)7-9-3-4-12-10(6-9)2-1-5-14-12/h3-4,6,8,14H,1-2,5,7H2,(H2,15,16,17). The molecule has 0 radical (unpaired) electrons. The Morgan fingerprint density at radius 1 is 1.29 bits per heavy atom. The van der Waals surface area contributed by atoms with Crippen molar-refractivity contribution in [1.29, 1.82) is 0 Å². The van der Waals surface area contributed by atoms with Crippen molar-refractivity contribution in [3.05, 3.63) is 46.0 Å². The second-order valence-corrected chi connectivity index (χ2v) is 4.87. The minimum absolute atomic E-state index is 0.694. The Kier molecular flexibility index (Phi) is 2.73. The smallest absolute Gasteiger partial charge is 0.174 e. The Hall–Kier alpha value is -1.55. The van der Waals surface area contributed by atoms with Crippen molar-refractivity contribution in [3.63, 3.8) is 0 Å². The molecule has 2 aromatic rings. The summed E-state index contributed by atoms with van der Waals surface area (Å²) >= 11 is 5.03. The number of imidazole rings is 1. The quantitative estimate of drug-likeness (QED) is 0.712. The van der Waals surface area contributed by atoms with Crippen molar-refractivity contribution in [3.8, 4) is 0 Å². The van der Waals surface area contributed by atoms with Crippen LogP contribution in [-0.4, -0.2) is 16.5 Å². The molecule has 3 rings (SSSR count). The summed E-state index contributed by atoms with van der Waals surface area (Å²) in [6, 6.07) is 6.66. The summed E-state index contributed by atoms with van der Waals surface area (Å²) in [6.07, 6.45) is 5.25. The van der Waals surface area contributed by atoms with E-state index in [-0.39, 0.29) is 0 Å². The van der Waals surface area contributed by atoms with E-state index in [1.807, 2.05) is 6.20 Å². The number of nitrogens with one attached hydrogen (secondary N) is 3. The van der Waals surface area contributed by atoms with E-state index in [9.17, 15) is 0 Å². The summed E-state index contributed by atoms with van der Waals surface area (Å²) in [7, 11) is 0. The van der Waals surface area contributed by atoms with Crippen molar-refractivity contribution < 1.29 is 0 Å². The number of aromatic amines is 2. The van der Waals surface area contributed by atoms with E-state index < -0.39 is 0 Å². The molecule has 4 heteroatoms. The lowest BCUT2D eigenvalue weighted by molar-refractivity contribution is 0.828. The molecule has 0 bridgehead atoms. The lowest BCUT2D eigenvalue weighted by Crippen LogP contribution is -2.11. The van der Waals surface area contributed by atoms with Gasteiger partial charge in [0.25, 0.3) is 0 Å². The fraction of sp³-hybridized carbons (Fsp3) is 0.308. The third-order valence-corrected chi connectivity index (χ3v) is 3.37. The fourth-order valence-corrected chi connectivity index (χ4v) is 2.51. The summed E-state index contributed by atoms with van der Waals surface area (Å²) in [5.74, 6) is 0. The van der Waals surface area contributed by atoms with Crippen molar-refractivity contribution >= 4 is 17.9 Å². The van der Waals surface area contributed by atoms with Crippen LogP contribution in [0.1, 0.15) is 23.2 Å². The molecule has 1 aliphatic rings. The van der Waals surface area contributed by atoms with Gasteiger partial charge < -0.3 is 15.3 Å². The highest BCUT2D eigenvalue weighted by Gasteiger charge is 2.09. The van der Waals surface area contributed by atoms with E-state index >= 15 is 0 Å². The normalized spacial score (nSPS) is 14.1. The van der Waals surface area contributed by atoms with Crippen LogP contribution in [0.15, 0.2) is 24.4 Å². The monoisotopic (exact) mass is 245 g/mol. The number of anilines is 1. The van der Waals surface area contributed by atoms with Crippen molar-refractivity contribution in [2.75, 3.05) is 11.9 Å². The number of aromatic nitrogens is 2. The molecule has 2 heterocycles. The summed E-state index contributed by atoms with van der Waals surface area (Å²) in [5, 5.41) is 3.43. The minimum atomic E-state index is 0.694. The first kappa shape index (κ1) is 10.6. The molecule has 0 saturated carbocycles. The highest BCUT2D eigenvalue weighted by atomic mass is 32.1. The van der Waals surface area contributed by atoms with Crippen LogP contribution in [0.3, 0.4) is 0 Å². The molecule has 0 aliphatic carbocycles. The maximum absolute atomic E-state index is 5.03. The predicted octanol–water partition coefficient (Wildman–Crippen LogP) is 3.02. The number of benzene rings is 1. The Morgan fingerprint density at radius 3 is 3.06 bits per heavy atom. The first-order valence-corrected chi connectivity index (χ1v) is 6.34. The van der Waals surface area contributed by atoms with E-state index in [2.05, 4.69) is 33.5 Å². The molecule has 88 valence electrons. The van der Waals surface area contributed by atoms with Gasteiger partial charge in [0.05, 0.1) is 0 Å². The van der Waals surface area contributed by atoms with Crippen LogP contribution in [0.5, 0.6) is 0 Å². The van der Waals surface area contributed by atoms with Crippen LogP contribution in [0.25, 0.3) is 0 Å². The van der Waals surface area contributed by atoms with Gasteiger partial charge >= 0.3 is 0 Å². The van der Waals surface area contributed by atoms with Gasteiger partial charge in [-0.3, -0.25) is 0 Å². The molecule has 1 aromatic carbocycles. The zero-order valence-electron chi connectivity index (χ0n) is 9.55. The highest BCUT2D eigenvalue weighted by Crippen LogP contribution is 2.23. The Balaban J connectivity index is 1.86. The molecular formula is C13H15N3S. The number of aryl methyl sites for hydroxylation is 1. The largest absolute Gasteiger partial charge is 0.385 e. The maximum Gasteiger partial charge on any atom is 0.174 e. The number of hydrogen-bond donors (Lipinski definition) is 3. The molecule has 0 saturated heterocycles. The molecule has 1 aromatic heterocycles. The van der Waals surface area contributed by atoms with Crippen molar-refractivity contribution in [2.45, 2.75) is 19.3 Å². The van der Waals surface area contributed by atoms with Gasteiger partial charge in [-0.25, -0.2) is 0 Å². The number of hydrogen-bond acceptors (Lipinski definition) is 2. The molecule has 1 aliphatic heterocycles. The van der Waals surface area contributed by atoms with E-state index in [1.54, 1.807) is 0 Å².